The molecule has 0 amide bonds. The Bertz CT molecular complexity index is 672. The third-order valence-electron chi connectivity index (χ3n) is 7.60. The summed E-state index contributed by atoms with van der Waals surface area (Å²) in [4.78, 5) is 0. The monoisotopic (exact) mass is 383 g/mol. The number of aryl methyl sites for hydroxylation is 2. The quantitative estimate of drug-likeness (QED) is 0.506. The topological polar surface area (TPSA) is 25.1 Å². The Hall–Kier alpha value is -0.643. The molecule has 2 nitrogen and oxygen atoms in total. The molecule has 4 aliphatic rings. The summed E-state index contributed by atoms with van der Waals surface area (Å²) in [6.07, 6.45) is 15.8. The van der Waals surface area contributed by atoms with E-state index in [9.17, 15) is 0 Å². The average molecular weight is 384 g/mol. The normalized spacial score (nSPS) is 37.0. The molecule has 6 atom stereocenters. The second-order valence-electron chi connectivity index (χ2n) is 9.85. The van der Waals surface area contributed by atoms with Crippen LogP contribution >= 0.6 is 0 Å². The van der Waals surface area contributed by atoms with Crippen LogP contribution in [0, 0.1) is 11.8 Å². The fourth-order valence-corrected chi connectivity index (χ4v) is 7.02. The molecule has 2 saturated heterocycles. The van der Waals surface area contributed by atoms with E-state index in [1.165, 1.54) is 64.2 Å². The minimum absolute atomic E-state index is 0.407. The summed E-state index contributed by atoms with van der Waals surface area (Å²) in [5, 5.41) is 1.70. The lowest BCUT2D eigenvalue weighted by molar-refractivity contribution is 0.351. The van der Waals surface area contributed by atoms with Crippen LogP contribution < -0.4 is 5.19 Å². The van der Waals surface area contributed by atoms with Crippen molar-refractivity contribution in [1.29, 1.82) is 0 Å². The third-order valence-corrected chi connectivity index (χ3v) is 9.14. The standard InChI is InChI=1S/C24H35O2Si/c1-27(2)24-15-18(4-3-16-7-11-20-22(13-16)25-20)6-10-19(24)9-5-17-8-12-21-23(14-17)26-21/h6,10,15-17,20-23H,3-5,7-9,11-14H2,1-2H3. The molecule has 1 aromatic rings. The number of hydrogen-bond acceptors (Lipinski definition) is 2. The van der Waals surface area contributed by atoms with Crippen LogP contribution in [0.1, 0.15) is 62.5 Å². The maximum absolute atomic E-state index is 5.72. The van der Waals surface area contributed by atoms with Crippen LogP contribution in [0.2, 0.25) is 13.1 Å². The molecular formula is C24H35O2Si. The van der Waals surface area contributed by atoms with Gasteiger partial charge in [0.25, 0.3) is 0 Å². The van der Waals surface area contributed by atoms with Crippen LogP contribution in [0.3, 0.4) is 0 Å². The minimum Gasteiger partial charge on any atom is -0.370 e. The van der Waals surface area contributed by atoms with Crippen molar-refractivity contribution in [3.63, 3.8) is 0 Å². The van der Waals surface area contributed by atoms with Crippen LogP contribution in [0.15, 0.2) is 18.2 Å². The van der Waals surface area contributed by atoms with E-state index in [1.807, 2.05) is 0 Å². The number of hydrogen-bond donors (Lipinski definition) is 0. The summed E-state index contributed by atoms with van der Waals surface area (Å²) < 4.78 is 11.4. The van der Waals surface area contributed by atoms with Gasteiger partial charge in [-0.1, -0.05) is 36.5 Å². The third kappa shape index (κ3) is 4.36. The van der Waals surface area contributed by atoms with E-state index in [4.69, 9.17) is 9.47 Å². The Kier molecular flexibility index (Phi) is 5.21. The number of benzene rings is 1. The van der Waals surface area contributed by atoms with E-state index < -0.39 is 8.80 Å². The van der Waals surface area contributed by atoms with E-state index >= 15 is 0 Å². The highest BCUT2D eigenvalue weighted by atomic mass is 28.3. The highest BCUT2D eigenvalue weighted by Gasteiger charge is 2.44. The lowest BCUT2D eigenvalue weighted by Gasteiger charge is -2.21. The second-order valence-corrected chi connectivity index (χ2v) is 12.4. The lowest BCUT2D eigenvalue weighted by Crippen LogP contribution is -2.28. The van der Waals surface area contributed by atoms with Gasteiger partial charge in [-0.05, 0) is 87.2 Å². The molecule has 2 aliphatic carbocycles. The van der Waals surface area contributed by atoms with E-state index in [0.717, 1.165) is 11.8 Å². The van der Waals surface area contributed by atoms with Crippen molar-refractivity contribution in [2.45, 2.75) is 102 Å². The molecule has 0 spiro atoms. The van der Waals surface area contributed by atoms with Crippen molar-refractivity contribution >= 4 is 14.0 Å². The van der Waals surface area contributed by atoms with E-state index in [-0.39, 0.29) is 0 Å². The van der Waals surface area contributed by atoms with Gasteiger partial charge in [-0.15, -0.1) is 0 Å². The lowest BCUT2D eigenvalue weighted by atomic mass is 9.84. The first-order chi connectivity index (χ1) is 13.2. The number of epoxide rings is 2. The molecule has 27 heavy (non-hydrogen) atoms. The van der Waals surface area contributed by atoms with E-state index in [2.05, 4.69) is 31.3 Å². The maximum atomic E-state index is 5.72. The SMILES string of the molecule is C[Si](C)c1cc(CCC2CCC3OC3C2)ccc1CCC1CCC2OC2C1. The Morgan fingerprint density at radius 3 is 2.04 bits per heavy atom. The van der Waals surface area contributed by atoms with Gasteiger partial charge < -0.3 is 9.47 Å². The highest BCUT2D eigenvalue weighted by molar-refractivity contribution is 6.71. The molecule has 1 aromatic carbocycles. The van der Waals surface area contributed by atoms with Crippen LogP contribution in [0.25, 0.3) is 0 Å². The molecule has 0 aromatic heterocycles. The summed E-state index contributed by atoms with van der Waals surface area (Å²) in [6, 6.07) is 7.48. The molecule has 1 radical (unpaired) electrons. The predicted molar refractivity (Wildman–Crippen MR) is 112 cm³/mol. The molecule has 3 heteroatoms. The largest absolute Gasteiger partial charge is 0.370 e. The summed E-state index contributed by atoms with van der Waals surface area (Å²) >= 11 is 0. The molecule has 5 rings (SSSR count). The molecule has 0 bridgehead atoms. The molecule has 2 saturated carbocycles. The van der Waals surface area contributed by atoms with Gasteiger partial charge in [-0.2, -0.15) is 0 Å². The first-order valence-corrected chi connectivity index (χ1v) is 13.9. The molecule has 0 N–H and O–H groups in total. The predicted octanol–water partition coefficient (Wildman–Crippen LogP) is 4.65. The number of rotatable bonds is 7. The maximum Gasteiger partial charge on any atom is 0.0844 e. The highest BCUT2D eigenvalue weighted by Crippen LogP contribution is 2.41. The van der Waals surface area contributed by atoms with Crippen molar-refractivity contribution in [2.75, 3.05) is 0 Å². The van der Waals surface area contributed by atoms with Gasteiger partial charge >= 0.3 is 0 Å². The Labute approximate surface area is 166 Å². The molecule has 6 unspecified atom stereocenters. The van der Waals surface area contributed by atoms with Crippen molar-refractivity contribution in [3.8, 4) is 0 Å². The van der Waals surface area contributed by atoms with Gasteiger partial charge in [0.15, 0.2) is 0 Å². The van der Waals surface area contributed by atoms with Gasteiger partial charge in [0.2, 0.25) is 0 Å². The summed E-state index contributed by atoms with van der Waals surface area (Å²) in [7, 11) is -0.407. The van der Waals surface area contributed by atoms with Crippen molar-refractivity contribution in [2.24, 2.45) is 11.8 Å². The summed E-state index contributed by atoms with van der Waals surface area (Å²) in [6.45, 7) is 4.92. The average Bonchev–Trinajstić information content (AvgIpc) is 3.58. The van der Waals surface area contributed by atoms with Crippen LogP contribution in [0.5, 0.6) is 0 Å². The first-order valence-electron chi connectivity index (χ1n) is 11.4. The summed E-state index contributed by atoms with van der Waals surface area (Å²) in [5.41, 5.74) is 3.22. The fourth-order valence-electron chi connectivity index (χ4n) is 5.69. The first kappa shape index (κ1) is 18.4. The molecule has 2 aliphatic heterocycles. The zero-order valence-corrected chi connectivity index (χ0v) is 18.1. The summed E-state index contributed by atoms with van der Waals surface area (Å²) in [5.74, 6) is 1.79. The fraction of sp³-hybridized carbons (Fsp3) is 0.750. The number of fused-ring (bicyclic) bond motifs is 2. The van der Waals surface area contributed by atoms with Crippen molar-refractivity contribution < 1.29 is 9.47 Å². The Morgan fingerprint density at radius 2 is 1.44 bits per heavy atom. The van der Waals surface area contributed by atoms with Gasteiger partial charge in [0.1, 0.15) is 0 Å². The van der Waals surface area contributed by atoms with Crippen molar-refractivity contribution in [1.82, 2.24) is 0 Å². The molecule has 147 valence electrons. The molecule has 4 fully saturated rings. The zero-order valence-electron chi connectivity index (χ0n) is 17.1. The van der Waals surface area contributed by atoms with Crippen LogP contribution in [0.4, 0.5) is 0 Å². The van der Waals surface area contributed by atoms with Gasteiger partial charge in [0, 0.05) is 0 Å². The molecular weight excluding hydrogens is 348 g/mol. The van der Waals surface area contributed by atoms with Gasteiger partial charge in [0.05, 0.1) is 33.2 Å². The molecule has 2 heterocycles. The van der Waals surface area contributed by atoms with E-state index in [1.54, 1.807) is 16.3 Å². The van der Waals surface area contributed by atoms with Crippen molar-refractivity contribution in [3.05, 3.63) is 29.3 Å². The second kappa shape index (κ2) is 7.65. The number of ether oxygens (including phenoxy) is 2. The zero-order chi connectivity index (χ0) is 18.4. The van der Waals surface area contributed by atoms with Gasteiger partial charge in [-0.25, -0.2) is 0 Å². The van der Waals surface area contributed by atoms with Crippen LogP contribution in [-0.2, 0) is 22.3 Å². The van der Waals surface area contributed by atoms with E-state index in [0.29, 0.717) is 24.4 Å². The Morgan fingerprint density at radius 1 is 0.815 bits per heavy atom. The minimum atomic E-state index is -0.407. The van der Waals surface area contributed by atoms with Crippen LogP contribution in [-0.4, -0.2) is 33.2 Å². The Balaban J connectivity index is 1.17. The smallest absolute Gasteiger partial charge is 0.0844 e. The van der Waals surface area contributed by atoms with Gasteiger partial charge in [-0.3, -0.25) is 0 Å².